The fraction of sp³-hybridized carbons (Fsp3) is 0.333. The Bertz CT molecular complexity index is 264. The minimum absolute atomic E-state index is 0. The van der Waals surface area contributed by atoms with Gasteiger partial charge in [-0.15, -0.1) is 6.20 Å². The van der Waals surface area contributed by atoms with Gasteiger partial charge in [0.25, 0.3) is 5.97 Å². The average Bonchev–Trinajstić information content (AvgIpc) is 2.36. The molecule has 12 heavy (non-hydrogen) atoms. The molecule has 4 nitrogen and oxygen atoms in total. The van der Waals surface area contributed by atoms with E-state index in [1.165, 1.54) is 10.5 Å². The van der Waals surface area contributed by atoms with Gasteiger partial charge in [0.05, 0.1) is 12.4 Å². The molecular weight excluding hydrogens is 349 g/mol. The zero-order valence-corrected chi connectivity index (χ0v) is 10.3. The van der Waals surface area contributed by atoms with Crippen molar-refractivity contribution in [3.63, 3.8) is 0 Å². The van der Waals surface area contributed by atoms with Crippen molar-refractivity contribution in [2.24, 2.45) is 0 Å². The monoisotopic (exact) mass is 358 g/mol. The van der Waals surface area contributed by atoms with Crippen LogP contribution in [0.2, 0.25) is 0 Å². The van der Waals surface area contributed by atoms with E-state index in [1.807, 2.05) is 0 Å². The van der Waals surface area contributed by atoms with Gasteiger partial charge in [0.15, 0.2) is 0 Å². The van der Waals surface area contributed by atoms with E-state index in [9.17, 15) is 4.79 Å². The molecule has 1 atom stereocenters. The molecule has 0 aliphatic carbocycles. The SMILES string of the molecule is CCOC(=O)c1n[c-]cn1P.[Re]. The number of carbonyl (C=O) groups excluding carboxylic acids is 1. The van der Waals surface area contributed by atoms with Crippen LogP contribution < -0.4 is 0 Å². The van der Waals surface area contributed by atoms with Gasteiger partial charge in [-0.25, -0.2) is 0 Å². The Labute approximate surface area is 86.6 Å². The molecule has 0 spiro atoms. The maximum Gasteiger partial charge on any atom is 0.289 e. The zero-order valence-electron chi connectivity index (χ0n) is 6.45. The number of hydrogen-bond donors (Lipinski definition) is 0. The van der Waals surface area contributed by atoms with E-state index in [2.05, 4.69) is 20.6 Å². The first kappa shape index (κ1) is 11.8. The number of rotatable bonds is 2. The molecule has 0 N–H and O–H groups in total. The summed E-state index contributed by atoms with van der Waals surface area (Å²) in [6.07, 6.45) is 4.07. The Morgan fingerprint density at radius 3 is 3.00 bits per heavy atom. The van der Waals surface area contributed by atoms with Crippen LogP contribution in [0.15, 0.2) is 6.20 Å². The van der Waals surface area contributed by atoms with E-state index >= 15 is 0 Å². The van der Waals surface area contributed by atoms with Gasteiger partial charge in [-0.05, 0) is 6.92 Å². The molecule has 1 radical (unpaired) electrons. The van der Waals surface area contributed by atoms with Crippen LogP contribution in [-0.4, -0.2) is 21.9 Å². The summed E-state index contributed by atoms with van der Waals surface area (Å²) in [6, 6.07) is 0. The summed E-state index contributed by atoms with van der Waals surface area (Å²) < 4.78 is 6.20. The second-order valence-corrected chi connectivity index (χ2v) is 2.38. The quantitative estimate of drug-likeness (QED) is 0.440. The molecule has 1 aromatic rings. The molecule has 0 aliphatic rings. The van der Waals surface area contributed by atoms with Crippen molar-refractivity contribution in [3.8, 4) is 0 Å². The molecule has 0 aromatic carbocycles. The van der Waals surface area contributed by atoms with Crippen molar-refractivity contribution in [2.75, 3.05) is 6.61 Å². The van der Waals surface area contributed by atoms with Crippen LogP contribution >= 0.6 is 9.39 Å². The molecule has 0 saturated carbocycles. The third-order valence-corrected chi connectivity index (χ3v) is 1.46. The number of aromatic nitrogens is 2. The summed E-state index contributed by atoms with van der Waals surface area (Å²) in [5.41, 5.74) is 0. The molecule has 0 amide bonds. The summed E-state index contributed by atoms with van der Waals surface area (Å²) >= 11 is 0. The Morgan fingerprint density at radius 1 is 1.92 bits per heavy atom. The molecule has 0 saturated heterocycles. The van der Waals surface area contributed by atoms with E-state index in [0.717, 1.165) is 0 Å². The van der Waals surface area contributed by atoms with Crippen LogP contribution in [-0.2, 0) is 25.2 Å². The summed E-state index contributed by atoms with van der Waals surface area (Å²) in [7, 11) is 2.31. The molecule has 6 heteroatoms. The molecule has 67 valence electrons. The average molecular weight is 357 g/mol. The van der Waals surface area contributed by atoms with Gasteiger partial charge >= 0.3 is 0 Å². The van der Waals surface area contributed by atoms with E-state index < -0.39 is 5.97 Å². The van der Waals surface area contributed by atoms with Crippen molar-refractivity contribution >= 4 is 15.4 Å². The number of ether oxygens (including phenoxy) is 1. The fourth-order valence-corrected chi connectivity index (χ4v) is 0.848. The Morgan fingerprint density at radius 2 is 2.58 bits per heavy atom. The Hall–Kier alpha value is -0.228. The molecule has 1 aromatic heterocycles. The topological polar surface area (TPSA) is 44.1 Å². The third-order valence-electron chi connectivity index (χ3n) is 1.07. The van der Waals surface area contributed by atoms with Gasteiger partial charge in [-0.2, -0.15) is 0 Å². The maximum atomic E-state index is 11.0. The normalized spacial score (nSPS) is 8.83. The minimum atomic E-state index is -0.427. The van der Waals surface area contributed by atoms with Crippen LogP contribution in [0.4, 0.5) is 0 Å². The van der Waals surface area contributed by atoms with Gasteiger partial charge in [0, 0.05) is 20.4 Å². The summed E-state index contributed by atoms with van der Waals surface area (Å²) in [4.78, 5) is 14.7. The molecule has 0 aliphatic heterocycles. The smallest absolute Gasteiger partial charge is 0.289 e. The van der Waals surface area contributed by atoms with Crippen LogP contribution in [0.3, 0.4) is 0 Å². The van der Waals surface area contributed by atoms with Crippen LogP contribution in [0, 0.1) is 6.20 Å². The molecule has 0 bridgehead atoms. The van der Waals surface area contributed by atoms with Gasteiger partial charge in [0.1, 0.15) is 0 Å². The van der Waals surface area contributed by atoms with Gasteiger partial charge in [-0.3, -0.25) is 4.79 Å². The number of esters is 1. The van der Waals surface area contributed by atoms with Crippen molar-refractivity contribution < 1.29 is 30.0 Å². The Balaban J connectivity index is 0.00000121. The number of carbonyl (C=O) groups is 1. The van der Waals surface area contributed by atoms with E-state index in [0.29, 0.717) is 6.61 Å². The largest absolute Gasteiger partial charge is 0.474 e. The number of imidazole rings is 1. The molecule has 1 rings (SSSR count). The van der Waals surface area contributed by atoms with Crippen LogP contribution in [0.1, 0.15) is 17.5 Å². The number of nitrogens with zero attached hydrogens (tertiary/aromatic N) is 2. The summed E-state index contributed by atoms with van der Waals surface area (Å²) in [5.74, 6) is -0.180. The minimum Gasteiger partial charge on any atom is -0.474 e. The first-order chi connectivity index (χ1) is 5.25. The molecular formula is C6H8N2O2PRe-. The first-order valence-electron chi connectivity index (χ1n) is 3.13. The zero-order chi connectivity index (χ0) is 8.27. The van der Waals surface area contributed by atoms with E-state index in [-0.39, 0.29) is 26.2 Å². The second kappa shape index (κ2) is 5.42. The molecule has 0 fully saturated rings. The number of hydrogen-bond acceptors (Lipinski definition) is 3. The standard InChI is InChI=1S/C6H8N2O2P.Re/c1-2-10-6(9)5-7-3-4-8(5)11;/h4H,2,11H2,1H3;/q-1;. The summed E-state index contributed by atoms with van der Waals surface area (Å²) in [6.45, 7) is 2.11. The van der Waals surface area contributed by atoms with E-state index in [1.54, 1.807) is 6.92 Å². The fourth-order valence-electron chi connectivity index (χ4n) is 0.618. The van der Waals surface area contributed by atoms with Gasteiger partial charge < -0.3 is 14.1 Å². The van der Waals surface area contributed by atoms with Gasteiger partial charge in [0.2, 0.25) is 0 Å². The van der Waals surface area contributed by atoms with Crippen molar-refractivity contribution in [1.29, 1.82) is 0 Å². The van der Waals surface area contributed by atoms with E-state index in [4.69, 9.17) is 4.74 Å². The summed E-state index contributed by atoms with van der Waals surface area (Å²) in [5, 5.41) is 0. The van der Waals surface area contributed by atoms with Crippen molar-refractivity contribution in [2.45, 2.75) is 6.92 Å². The van der Waals surface area contributed by atoms with Crippen LogP contribution in [0.5, 0.6) is 0 Å². The Kier molecular flexibility index (Phi) is 5.32. The predicted molar refractivity (Wildman–Crippen MR) is 42.1 cm³/mol. The maximum absolute atomic E-state index is 11.0. The third kappa shape index (κ3) is 2.67. The van der Waals surface area contributed by atoms with Gasteiger partial charge in [-0.1, -0.05) is 15.6 Å². The molecule has 1 heterocycles. The van der Waals surface area contributed by atoms with Crippen LogP contribution in [0.25, 0.3) is 0 Å². The second-order valence-electron chi connectivity index (χ2n) is 1.82. The van der Waals surface area contributed by atoms with Crippen molar-refractivity contribution in [3.05, 3.63) is 18.2 Å². The molecule has 1 unspecified atom stereocenters. The van der Waals surface area contributed by atoms with Crippen molar-refractivity contribution in [1.82, 2.24) is 9.32 Å². The predicted octanol–water partition coefficient (Wildman–Crippen LogP) is 0.496. The first-order valence-corrected chi connectivity index (χ1v) is 3.65.